The number of amides is 1. The molecule has 1 saturated heterocycles. The molecule has 0 aromatic heterocycles. The summed E-state index contributed by atoms with van der Waals surface area (Å²) in [6.07, 6.45) is 2.10. The first-order valence-corrected chi connectivity index (χ1v) is 5.80. The highest BCUT2D eigenvalue weighted by Gasteiger charge is 2.30. The van der Waals surface area contributed by atoms with Crippen molar-refractivity contribution in [2.75, 3.05) is 19.6 Å². The lowest BCUT2D eigenvalue weighted by molar-refractivity contribution is -0.146. The predicted octanol–water partition coefficient (Wildman–Crippen LogP) is 0.308. The van der Waals surface area contributed by atoms with E-state index in [9.17, 15) is 9.59 Å². The highest BCUT2D eigenvalue weighted by atomic mass is 16.4. The molecule has 0 spiro atoms. The van der Waals surface area contributed by atoms with E-state index in [1.54, 1.807) is 6.92 Å². The molecule has 1 aliphatic heterocycles. The van der Waals surface area contributed by atoms with E-state index in [4.69, 9.17) is 5.11 Å². The topological polar surface area (TPSA) is 69.6 Å². The maximum atomic E-state index is 12.1. The molecule has 1 aliphatic rings. The van der Waals surface area contributed by atoms with E-state index in [2.05, 4.69) is 5.32 Å². The normalized spacial score (nSPS) is 25.1. The molecule has 0 aliphatic carbocycles. The van der Waals surface area contributed by atoms with Crippen LogP contribution in [0.4, 0.5) is 0 Å². The van der Waals surface area contributed by atoms with Crippen molar-refractivity contribution in [2.24, 2.45) is 5.92 Å². The Morgan fingerprint density at radius 3 is 2.69 bits per heavy atom. The maximum absolute atomic E-state index is 12.1. The minimum Gasteiger partial charge on any atom is -0.480 e. The Balaban J connectivity index is 2.62. The van der Waals surface area contributed by atoms with Crippen LogP contribution in [0.15, 0.2) is 0 Å². The van der Waals surface area contributed by atoms with Crippen molar-refractivity contribution in [2.45, 2.75) is 32.7 Å². The van der Waals surface area contributed by atoms with Crippen LogP contribution in [-0.2, 0) is 9.59 Å². The summed E-state index contributed by atoms with van der Waals surface area (Å²) in [5.74, 6) is -0.764. The van der Waals surface area contributed by atoms with Crippen molar-refractivity contribution >= 4 is 11.9 Å². The average molecular weight is 228 g/mol. The van der Waals surface area contributed by atoms with Gasteiger partial charge in [0.05, 0.1) is 6.04 Å². The first kappa shape index (κ1) is 13.0. The molecule has 1 rings (SSSR count). The smallest absolute Gasteiger partial charge is 0.323 e. The van der Waals surface area contributed by atoms with Crippen molar-refractivity contribution < 1.29 is 14.7 Å². The van der Waals surface area contributed by atoms with Crippen LogP contribution < -0.4 is 5.32 Å². The lowest BCUT2D eigenvalue weighted by Gasteiger charge is -2.32. The third-order valence-corrected chi connectivity index (χ3v) is 3.06. The Labute approximate surface area is 95.8 Å². The van der Waals surface area contributed by atoms with Crippen LogP contribution in [0.1, 0.15) is 26.7 Å². The number of carbonyl (C=O) groups excluding carboxylic acids is 1. The second-order valence-electron chi connectivity index (χ2n) is 4.30. The summed E-state index contributed by atoms with van der Waals surface area (Å²) in [7, 11) is 0. The molecule has 0 aromatic carbocycles. The molecule has 0 radical (unpaired) electrons. The highest BCUT2D eigenvalue weighted by Crippen LogP contribution is 2.17. The number of carboxylic acids is 1. The Hall–Kier alpha value is -1.10. The second kappa shape index (κ2) is 5.84. The molecular weight excluding hydrogens is 208 g/mol. The number of piperidine rings is 1. The molecule has 0 saturated carbocycles. The molecular formula is C11H20N2O3. The zero-order valence-electron chi connectivity index (χ0n) is 9.90. The quantitative estimate of drug-likeness (QED) is 0.726. The van der Waals surface area contributed by atoms with Gasteiger partial charge in [-0.1, -0.05) is 6.92 Å². The summed E-state index contributed by atoms with van der Waals surface area (Å²) >= 11 is 0. The summed E-state index contributed by atoms with van der Waals surface area (Å²) in [4.78, 5) is 24.1. The Kier molecular flexibility index (Phi) is 4.73. The predicted molar refractivity (Wildman–Crippen MR) is 60.1 cm³/mol. The van der Waals surface area contributed by atoms with Gasteiger partial charge >= 0.3 is 5.97 Å². The van der Waals surface area contributed by atoms with Gasteiger partial charge in [-0.3, -0.25) is 9.59 Å². The summed E-state index contributed by atoms with van der Waals surface area (Å²) in [5.41, 5.74) is 0. The van der Waals surface area contributed by atoms with Crippen molar-refractivity contribution in [3.63, 3.8) is 0 Å². The summed E-state index contributed by atoms with van der Waals surface area (Å²) in [6.45, 7) is 4.90. The first-order valence-electron chi connectivity index (χ1n) is 5.80. The summed E-state index contributed by atoms with van der Waals surface area (Å²) in [6, 6.07) is -0.215. The van der Waals surface area contributed by atoms with Gasteiger partial charge in [-0.25, -0.2) is 0 Å². The lowest BCUT2D eigenvalue weighted by atomic mass is 9.92. The molecule has 5 nitrogen and oxygen atoms in total. The Bertz CT molecular complexity index is 268. The molecule has 5 heteroatoms. The third-order valence-electron chi connectivity index (χ3n) is 3.06. The van der Waals surface area contributed by atoms with E-state index in [0.29, 0.717) is 6.54 Å². The van der Waals surface area contributed by atoms with Crippen LogP contribution in [-0.4, -0.2) is 47.6 Å². The van der Waals surface area contributed by atoms with Gasteiger partial charge in [-0.2, -0.15) is 0 Å². The van der Waals surface area contributed by atoms with Crippen molar-refractivity contribution in [1.82, 2.24) is 10.2 Å². The van der Waals surface area contributed by atoms with E-state index < -0.39 is 5.97 Å². The molecule has 1 fully saturated rings. The van der Waals surface area contributed by atoms with Crippen LogP contribution in [0.25, 0.3) is 0 Å². The number of nitrogens with one attached hydrogen (secondary N) is 1. The Morgan fingerprint density at radius 2 is 2.19 bits per heavy atom. The van der Waals surface area contributed by atoms with Crippen molar-refractivity contribution in [1.29, 1.82) is 0 Å². The molecule has 16 heavy (non-hydrogen) atoms. The number of aliphatic carboxylic acids is 1. The standard InChI is InChI=1S/C11H20N2O3/c1-3-13(7-9(14)15)11(16)10-8(2)5-4-6-12-10/h8,10,12H,3-7H2,1-2H3,(H,14,15). The number of likely N-dealkylation sites (N-methyl/N-ethyl adjacent to an activating group) is 1. The van der Waals surface area contributed by atoms with Gasteiger partial charge in [0.2, 0.25) is 5.91 Å². The van der Waals surface area contributed by atoms with Gasteiger partial charge in [0.25, 0.3) is 0 Å². The van der Waals surface area contributed by atoms with Gasteiger partial charge in [-0.15, -0.1) is 0 Å². The van der Waals surface area contributed by atoms with Gasteiger partial charge in [0, 0.05) is 6.54 Å². The number of nitrogens with zero attached hydrogens (tertiary/aromatic N) is 1. The zero-order chi connectivity index (χ0) is 12.1. The first-order chi connectivity index (χ1) is 7.56. The van der Waals surface area contributed by atoms with Gasteiger partial charge in [0.15, 0.2) is 0 Å². The monoisotopic (exact) mass is 228 g/mol. The second-order valence-corrected chi connectivity index (χ2v) is 4.30. The molecule has 92 valence electrons. The lowest BCUT2D eigenvalue weighted by Crippen LogP contribution is -2.53. The van der Waals surface area contributed by atoms with E-state index in [-0.39, 0.29) is 24.4 Å². The van der Waals surface area contributed by atoms with Crippen molar-refractivity contribution in [3.8, 4) is 0 Å². The number of hydrogen-bond donors (Lipinski definition) is 2. The molecule has 1 amide bonds. The van der Waals surface area contributed by atoms with E-state index >= 15 is 0 Å². The van der Waals surface area contributed by atoms with Crippen LogP contribution in [0.2, 0.25) is 0 Å². The van der Waals surface area contributed by atoms with Crippen molar-refractivity contribution in [3.05, 3.63) is 0 Å². The Morgan fingerprint density at radius 1 is 1.50 bits per heavy atom. The highest BCUT2D eigenvalue weighted by molar-refractivity contribution is 5.85. The van der Waals surface area contributed by atoms with Gasteiger partial charge in [-0.05, 0) is 32.2 Å². The third kappa shape index (κ3) is 3.20. The van der Waals surface area contributed by atoms with Gasteiger partial charge in [0.1, 0.15) is 6.54 Å². The van der Waals surface area contributed by atoms with Gasteiger partial charge < -0.3 is 15.3 Å². The summed E-state index contributed by atoms with van der Waals surface area (Å²) < 4.78 is 0. The number of carbonyl (C=O) groups is 2. The maximum Gasteiger partial charge on any atom is 0.323 e. The summed E-state index contributed by atoms with van der Waals surface area (Å²) in [5, 5.41) is 11.9. The number of hydrogen-bond acceptors (Lipinski definition) is 3. The van der Waals surface area contributed by atoms with Crippen LogP contribution in [0, 0.1) is 5.92 Å². The van der Waals surface area contributed by atoms with Crippen LogP contribution in [0.5, 0.6) is 0 Å². The number of carboxylic acid groups (broad SMARTS) is 1. The van der Waals surface area contributed by atoms with E-state index in [1.807, 2.05) is 6.92 Å². The zero-order valence-corrected chi connectivity index (χ0v) is 9.90. The minimum atomic E-state index is -0.960. The SMILES string of the molecule is CCN(CC(=O)O)C(=O)C1NCCCC1C. The van der Waals surface area contributed by atoms with Crippen LogP contribution in [0.3, 0.4) is 0 Å². The fourth-order valence-electron chi connectivity index (χ4n) is 2.09. The van der Waals surface area contributed by atoms with E-state index in [0.717, 1.165) is 19.4 Å². The fraction of sp³-hybridized carbons (Fsp3) is 0.818. The molecule has 2 N–H and O–H groups in total. The molecule has 1 heterocycles. The molecule has 2 atom stereocenters. The minimum absolute atomic E-state index is 0.0860. The largest absolute Gasteiger partial charge is 0.480 e. The van der Waals surface area contributed by atoms with Crippen LogP contribution >= 0.6 is 0 Å². The molecule has 0 bridgehead atoms. The van der Waals surface area contributed by atoms with E-state index in [1.165, 1.54) is 4.90 Å². The molecule has 2 unspecified atom stereocenters. The number of rotatable bonds is 4. The fourth-order valence-corrected chi connectivity index (χ4v) is 2.09. The molecule has 0 aromatic rings. The average Bonchev–Trinajstić information content (AvgIpc) is 2.25.